The van der Waals surface area contributed by atoms with Crippen LogP contribution in [0.4, 0.5) is 10.5 Å². The molecule has 49 heavy (non-hydrogen) atoms. The van der Waals surface area contributed by atoms with Crippen LogP contribution in [-0.4, -0.2) is 106 Å². The molecule has 2 fully saturated rings. The molecule has 3 aromatic rings. The highest BCUT2D eigenvalue weighted by Crippen LogP contribution is 2.49. The van der Waals surface area contributed by atoms with E-state index in [2.05, 4.69) is 33.1 Å². The van der Waals surface area contributed by atoms with Crippen molar-refractivity contribution in [2.24, 2.45) is 0 Å². The van der Waals surface area contributed by atoms with Gasteiger partial charge in [0.2, 0.25) is 5.88 Å². The molecule has 0 radical (unpaired) electrons. The van der Waals surface area contributed by atoms with E-state index in [9.17, 15) is 18.5 Å². The van der Waals surface area contributed by atoms with Crippen LogP contribution in [0.25, 0.3) is 0 Å². The van der Waals surface area contributed by atoms with E-state index in [0.717, 1.165) is 45.6 Å². The predicted octanol–water partition coefficient (Wildman–Crippen LogP) is 3.15. The number of fused-ring (bicyclic) bond motifs is 1. The molecule has 6 rings (SSSR count). The Hall–Kier alpha value is -4.71. The third-order valence-electron chi connectivity index (χ3n) is 9.72. The number of aromatic nitrogens is 1. The van der Waals surface area contributed by atoms with Crippen molar-refractivity contribution in [2.45, 2.75) is 43.2 Å². The van der Waals surface area contributed by atoms with Crippen molar-refractivity contribution in [1.82, 2.24) is 25.0 Å². The average molecular weight is 688 g/mol. The molecular weight excluding hydrogens is 646 g/mol. The number of hydrogen-bond donors (Lipinski definition) is 1. The highest BCUT2D eigenvalue weighted by molar-refractivity contribution is 7.93. The lowest BCUT2D eigenvalue weighted by Crippen LogP contribution is -2.59. The summed E-state index contributed by atoms with van der Waals surface area (Å²) in [6, 6.07) is 15.1. The first-order chi connectivity index (χ1) is 23.7. The molecule has 0 bridgehead atoms. The number of benzene rings is 2. The van der Waals surface area contributed by atoms with Gasteiger partial charge in [-0.3, -0.25) is 9.69 Å². The number of ether oxygens (including phenoxy) is 2. The number of hydrogen-bond acceptors (Lipinski definition) is 10. The smallest absolute Gasteiger partial charge is 0.318 e. The molecule has 2 saturated heterocycles. The average Bonchev–Trinajstić information content (AvgIpc) is 3.39. The number of likely N-dealkylation sites (N-methyl/N-ethyl adjacent to an activating group) is 1. The summed E-state index contributed by atoms with van der Waals surface area (Å²) in [6.45, 7) is 10.1. The Kier molecular flexibility index (Phi) is 9.78. The number of anilines is 1. The monoisotopic (exact) mass is 687 g/mol. The number of likely N-dealkylation sites (tertiary alicyclic amines) is 1. The number of sulfonamides is 1. The fraction of sp³-hybridized carbons (Fsp3) is 0.429. The number of pyridine rings is 1. The van der Waals surface area contributed by atoms with Crippen molar-refractivity contribution in [3.63, 3.8) is 0 Å². The number of urea groups is 1. The van der Waals surface area contributed by atoms with Gasteiger partial charge in [0.15, 0.2) is 5.54 Å². The molecule has 2 aromatic carbocycles. The molecule has 14 heteroatoms. The highest BCUT2D eigenvalue weighted by atomic mass is 32.2. The number of piperazine rings is 1. The van der Waals surface area contributed by atoms with E-state index in [1.165, 1.54) is 55.8 Å². The van der Waals surface area contributed by atoms with Crippen LogP contribution in [0.1, 0.15) is 43.4 Å². The van der Waals surface area contributed by atoms with E-state index in [1.54, 1.807) is 24.0 Å². The highest BCUT2D eigenvalue weighted by Gasteiger charge is 2.59. The summed E-state index contributed by atoms with van der Waals surface area (Å²) in [5, 5.41) is 12.9. The summed E-state index contributed by atoms with van der Waals surface area (Å²) in [5.41, 5.74) is -1.62. The van der Waals surface area contributed by atoms with Gasteiger partial charge in [0.25, 0.3) is 15.9 Å². The lowest BCUT2D eigenvalue weighted by molar-refractivity contribution is -0.121. The quantitative estimate of drug-likeness (QED) is 0.356. The number of nitrogens with one attached hydrogen (secondary N) is 1. The number of nitrogens with zero attached hydrogens (tertiary/aromatic N) is 6. The molecule has 1 atom stereocenters. The van der Waals surface area contributed by atoms with Gasteiger partial charge in [-0.2, -0.15) is 9.57 Å². The van der Waals surface area contributed by atoms with Gasteiger partial charge in [0.05, 0.1) is 41.5 Å². The molecule has 4 heterocycles. The molecule has 1 N–H and O–H groups in total. The SMILES string of the molecule is CCOc1ncccc1C1(NC(=O)N2CCC(N3CCN(CC)CC3)CC2)C(=O)N(S(=O)(=O)c2ccc(OC)cc2)c2ccc(C#N)cc21. The van der Waals surface area contributed by atoms with Crippen LogP contribution >= 0.6 is 0 Å². The molecule has 3 aliphatic heterocycles. The number of methoxy groups -OCH3 is 1. The third kappa shape index (κ3) is 6.18. The van der Waals surface area contributed by atoms with Gasteiger partial charge in [-0.1, -0.05) is 6.92 Å². The Labute approximate surface area is 287 Å². The molecular formula is C35H41N7O6S. The van der Waals surface area contributed by atoms with E-state index in [-0.39, 0.29) is 39.8 Å². The minimum absolute atomic E-state index is 0.0105. The Balaban J connectivity index is 1.40. The third-order valence-corrected chi connectivity index (χ3v) is 11.4. The Morgan fingerprint density at radius 1 is 1.02 bits per heavy atom. The number of carbonyl (C=O) groups is 2. The molecule has 258 valence electrons. The second kappa shape index (κ2) is 14.0. The van der Waals surface area contributed by atoms with Crippen LogP contribution in [0.15, 0.2) is 65.7 Å². The van der Waals surface area contributed by atoms with Gasteiger partial charge < -0.3 is 24.6 Å². The second-order valence-electron chi connectivity index (χ2n) is 12.3. The van der Waals surface area contributed by atoms with Crippen LogP contribution < -0.4 is 19.1 Å². The van der Waals surface area contributed by atoms with Gasteiger partial charge in [-0.15, -0.1) is 0 Å². The zero-order chi connectivity index (χ0) is 34.8. The summed E-state index contributed by atoms with van der Waals surface area (Å²) >= 11 is 0. The van der Waals surface area contributed by atoms with Crippen molar-refractivity contribution in [3.05, 3.63) is 77.5 Å². The van der Waals surface area contributed by atoms with Gasteiger partial charge in [-0.05, 0) is 80.9 Å². The first-order valence-corrected chi connectivity index (χ1v) is 18.0. The van der Waals surface area contributed by atoms with Crippen molar-refractivity contribution in [3.8, 4) is 17.7 Å². The first-order valence-electron chi connectivity index (χ1n) is 16.6. The van der Waals surface area contributed by atoms with Crippen LogP contribution in [0.5, 0.6) is 11.6 Å². The predicted molar refractivity (Wildman–Crippen MR) is 182 cm³/mol. The molecule has 13 nitrogen and oxygen atoms in total. The van der Waals surface area contributed by atoms with Crippen molar-refractivity contribution >= 4 is 27.6 Å². The maximum atomic E-state index is 15.0. The fourth-order valence-electron chi connectivity index (χ4n) is 7.05. The summed E-state index contributed by atoms with van der Waals surface area (Å²) < 4.78 is 40.4. The van der Waals surface area contributed by atoms with Crippen LogP contribution in [0, 0.1) is 11.3 Å². The first kappa shape index (κ1) is 34.2. The molecule has 3 aliphatic rings. The molecule has 1 aromatic heterocycles. The summed E-state index contributed by atoms with van der Waals surface area (Å²) in [7, 11) is -3.06. The number of nitriles is 1. The lowest BCUT2D eigenvalue weighted by atomic mass is 9.83. The Morgan fingerprint density at radius 3 is 2.37 bits per heavy atom. The topological polar surface area (TPSA) is 148 Å². The maximum absolute atomic E-state index is 15.0. The van der Waals surface area contributed by atoms with Crippen LogP contribution in [-0.2, 0) is 20.4 Å². The van der Waals surface area contributed by atoms with Gasteiger partial charge in [-0.25, -0.2) is 18.2 Å². The Bertz CT molecular complexity index is 1850. The number of carbonyl (C=O) groups excluding carboxylic acids is 2. The van der Waals surface area contributed by atoms with E-state index in [4.69, 9.17) is 9.47 Å². The molecule has 0 saturated carbocycles. The standard InChI is InChI=1S/C35H41N7O6S/c1-4-39-19-21-40(22-20-39)26-14-17-41(18-15-26)34(44)38-35(29-7-6-16-37-32(29)48-5-2)30-23-25(24-36)8-13-31(30)42(33(35)43)49(45,46)28-11-9-27(47-3)10-12-28/h6-13,16,23,26H,4-5,14-15,17-22H2,1-3H3,(H,38,44). The minimum Gasteiger partial charge on any atom is -0.497 e. The maximum Gasteiger partial charge on any atom is 0.318 e. The largest absolute Gasteiger partial charge is 0.497 e. The molecule has 0 aliphatic carbocycles. The molecule has 1 unspecified atom stereocenters. The zero-order valence-corrected chi connectivity index (χ0v) is 28.8. The number of piperidine rings is 1. The van der Waals surface area contributed by atoms with Crippen molar-refractivity contribution < 1.29 is 27.5 Å². The molecule has 3 amide bonds. The summed E-state index contributed by atoms with van der Waals surface area (Å²) in [6.07, 6.45) is 3.03. The van der Waals surface area contributed by atoms with E-state index < -0.39 is 27.5 Å². The van der Waals surface area contributed by atoms with Crippen molar-refractivity contribution in [2.75, 3.05) is 63.8 Å². The van der Waals surface area contributed by atoms with Crippen LogP contribution in [0.2, 0.25) is 0 Å². The van der Waals surface area contributed by atoms with Crippen LogP contribution in [0.3, 0.4) is 0 Å². The lowest BCUT2D eigenvalue weighted by Gasteiger charge is -2.43. The summed E-state index contributed by atoms with van der Waals surface area (Å²) in [5.74, 6) is -0.448. The van der Waals surface area contributed by atoms with E-state index in [0.29, 0.717) is 29.2 Å². The van der Waals surface area contributed by atoms with E-state index in [1.807, 2.05) is 0 Å². The Morgan fingerprint density at radius 2 is 1.73 bits per heavy atom. The number of rotatable bonds is 9. The normalized spacial score (nSPS) is 20.5. The van der Waals surface area contributed by atoms with E-state index >= 15 is 4.79 Å². The summed E-state index contributed by atoms with van der Waals surface area (Å²) in [4.78, 5) is 40.1. The van der Waals surface area contributed by atoms with Gasteiger partial charge in [0.1, 0.15) is 5.75 Å². The minimum atomic E-state index is -4.53. The number of amides is 3. The zero-order valence-electron chi connectivity index (χ0n) is 28.0. The van der Waals surface area contributed by atoms with Gasteiger partial charge >= 0.3 is 6.03 Å². The van der Waals surface area contributed by atoms with Crippen molar-refractivity contribution in [1.29, 1.82) is 5.26 Å². The second-order valence-corrected chi connectivity index (χ2v) is 14.0. The molecule has 0 spiro atoms. The van der Waals surface area contributed by atoms with Gasteiger partial charge in [0, 0.05) is 57.1 Å². The fourth-order valence-corrected chi connectivity index (χ4v) is 8.51.